The van der Waals surface area contributed by atoms with E-state index < -0.39 is 14.9 Å². The number of sulfonamides is 1. The number of furan rings is 1. The van der Waals surface area contributed by atoms with Crippen molar-refractivity contribution in [3.8, 4) is 0 Å². The number of benzene rings is 1. The smallest absolute Gasteiger partial charge is 0.282 e. The predicted octanol–water partition coefficient (Wildman–Crippen LogP) is 2.00. The monoisotopic (exact) mass is 280 g/mol. The van der Waals surface area contributed by atoms with Crippen molar-refractivity contribution in [2.75, 3.05) is 0 Å². The maximum Gasteiger partial charge on any atom is 0.282 e. The summed E-state index contributed by atoms with van der Waals surface area (Å²) in [7, 11) is -3.89. The van der Waals surface area contributed by atoms with Crippen LogP contribution in [0, 0.1) is 10.1 Å². The summed E-state index contributed by atoms with van der Waals surface area (Å²) < 4.78 is 31.9. The molecule has 0 saturated carbocycles. The molecule has 0 aliphatic carbocycles. The zero-order chi connectivity index (χ0) is 13.9. The first-order valence-corrected chi connectivity index (χ1v) is 6.51. The van der Waals surface area contributed by atoms with Gasteiger partial charge in [-0.15, -0.1) is 0 Å². The normalized spacial score (nSPS) is 11.8. The third-order valence-corrected chi connectivity index (χ3v) is 3.46. The first-order valence-electron chi connectivity index (χ1n) is 5.07. The Bertz CT molecular complexity index is 702. The van der Waals surface area contributed by atoms with Gasteiger partial charge in [0, 0.05) is 12.1 Å². The molecule has 98 valence electrons. The van der Waals surface area contributed by atoms with Gasteiger partial charge in [-0.1, -0.05) is 0 Å². The van der Waals surface area contributed by atoms with Gasteiger partial charge in [0.1, 0.15) is 5.76 Å². The van der Waals surface area contributed by atoms with E-state index in [1.54, 1.807) is 12.1 Å². The second-order valence-electron chi connectivity index (χ2n) is 3.48. The minimum atomic E-state index is -3.89. The standard InChI is InChI=1S/C11H8N2O5S/c14-13(15)9-3-5-11(6-4-9)19(16,17)12-8-10-2-1-7-18-10/h1-8H/b12-8+. The number of hydrogen-bond acceptors (Lipinski definition) is 5. The van der Waals surface area contributed by atoms with Crippen LogP contribution in [0.15, 0.2) is 56.4 Å². The molecule has 1 heterocycles. The topological polar surface area (TPSA) is 103 Å². The second-order valence-corrected chi connectivity index (χ2v) is 5.11. The first kappa shape index (κ1) is 13.0. The van der Waals surface area contributed by atoms with Gasteiger partial charge in [0.2, 0.25) is 0 Å². The Morgan fingerprint density at radius 3 is 2.42 bits per heavy atom. The number of non-ortho nitro benzene ring substituents is 1. The van der Waals surface area contributed by atoms with E-state index in [2.05, 4.69) is 4.40 Å². The molecule has 19 heavy (non-hydrogen) atoms. The van der Waals surface area contributed by atoms with Crippen LogP contribution in [0.3, 0.4) is 0 Å². The van der Waals surface area contributed by atoms with Gasteiger partial charge < -0.3 is 4.42 Å². The molecule has 0 spiro atoms. The Morgan fingerprint density at radius 2 is 1.89 bits per heavy atom. The van der Waals surface area contributed by atoms with Crippen molar-refractivity contribution in [1.29, 1.82) is 0 Å². The molecule has 2 rings (SSSR count). The summed E-state index contributed by atoms with van der Waals surface area (Å²) in [4.78, 5) is 9.72. The lowest BCUT2D eigenvalue weighted by molar-refractivity contribution is -0.384. The van der Waals surface area contributed by atoms with Crippen LogP contribution in [0.2, 0.25) is 0 Å². The summed E-state index contributed by atoms with van der Waals surface area (Å²) in [5.41, 5.74) is -0.186. The molecular formula is C11H8N2O5S. The summed E-state index contributed by atoms with van der Waals surface area (Å²) >= 11 is 0. The Hall–Kier alpha value is -2.48. The summed E-state index contributed by atoms with van der Waals surface area (Å²) in [6, 6.07) is 7.62. The highest BCUT2D eigenvalue weighted by molar-refractivity contribution is 7.90. The van der Waals surface area contributed by atoms with E-state index in [-0.39, 0.29) is 10.6 Å². The van der Waals surface area contributed by atoms with Crippen LogP contribution >= 0.6 is 0 Å². The molecule has 2 aromatic rings. The Labute approximate surface area is 108 Å². The molecular weight excluding hydrogens is 272 g/mol. The number of nitro benzene ring substituents is 1. The average molecular weight is 280 g/mol. The Morgan fingerprint density at radius 1 is 1.21 bits per heavy atom. The lowest BCUT2D eigenvalue weighted by Crippen LogP contribution is -1.98. The zero-order valence-electron chi connectivity index (χ0n) is 9.46. The molecule has 0 aliphatic heterocycles. The number of hydrogen-bond donors (Lipinski definition) is 0. The molecule has 0 amide bonds. The third kappa shape index (κ3) is 3.05. The predicted molar refractivity (Wildman–Crippen MR) is 66.6 cm³/mol. The van der Waals surface area contributed by atoms with Gasteiger partial charge in [-0.2, -0.15) is 12.8 Å². The first-order chi connectivity index (χ1) is 8.99. The van der Waals surface area contributed by atoms with E-state index in [0.29, 0.717) is 5.76 Å². The molecule has 0 aliphatic rings. The van der Waals surface area contributed by atoms with Crippen LogP contribution in [0.25, 0.3) is 0 Å². The fourth-order valence-corrected chi connectivity index (χ4v) is 2.13. The minimum Gasteiger partial charge on any atom is -0.463 e. The van der Waals surface area contributed by atoms with E-state index in [9.17, 15) is 18.5 Å². The van der Waals surface area contributed by atoms with Gasteiger partial charge in [0.25, 0.3) is 15.7 Å². The third-order valence-electron chi connectivity index (χ3n) is 2.21. The highest BCUT2D eigenvalue weighted by Crippen LogP contribution is 2.17. The number of rotatable bonds is 4. The molecule has 0 unspecified atom stereocenters. The van der Waals surface area contributed by atoms with Gasteiger partial charge in [-0.25, -0.2) is 0 Å². The SMILES string of the molecule is O=[N+]([O-])c1ccc(S(=O)(=O)/N=C/c2ccco2)cc1. The van der Waals surface area contributed by atoms with Gasteiger partial charge in [0.15, 0.2) is 0 Å². The minimum absolute atomic E-state index is 0.124. The summed E-state index contributed by atoms with van der Waals surface area (Å²) in [6.45, 7) is 0. The molecule has 0 atom stereocenters. The van der Waals surface area contributed by atoms with E-state index >= 15 is 0 Å². The fraction of sp³-hybridized carbons (Fsp3) is 0. The summed E-state index contributed by atoms with van der Waals surface area (Å²) in [6.07, 6.45) is 2.45. The van der Waals surface area contributed by atoms with Crippen LogP contribution < -0.4 is 0 Å². The van der Waals surface area contributed by atoms with Crippen LogP contribution in [0.5, 0.6) is 0 Å². The van der Waals surface area contributed by atoms with E-state index in [4.69, 9.17) is 4.42 Å². The van der Waals surface area contributed by atoms with Crippen molar-refractivity contribution in [3.63, 3.8) is 0 Å². The van der Waals surface area contributed by atoms with E-state index in [1.165, 1.54) is 6.26 Å². The average Bonchev–Trinajstić information content (AvgIpc) is 2.90. The van der Waals surface area contributed by atoms with Gasteiger partial charge in [-0.05, 0) is 24.3 Å². The highest BCUT2D eigenvalue weighted by Gasteiger charge is 2.14. The molecule has 0 radical (unpaired) electrons. The van der Waals surface area contributed by atoms with Crippen molar-refractivity contribution >= 4 is 21.9 Å². The molecule has 8 heteroatoms. The molecule has 1 aromatic heterocycles. The van der Waals surface area contributed by atoms with Crippen LogP contribution in [0.1, 0.15) is 5.76 Å². The van der Waals surface area contributed by atoms with Gasteiger partial charge in [-0.3, -0.25) is 10.1 Å². The van der Waals surface area contributed by atoms with Crippen molar-refractivity contribution in [2.45, 2.75) is 4.90 Å². The Balaban J connectivity index is 2.27. The maximum absolute atomic E-state index is 11.8. The van der Waals surface area contributed by atoms with Crippen LogP contribution in [0.4, 0.5) is 5.69 Å². The number of nitrogens with zero attached hydrogens (tertiary/aromatic N) is 2. The highest BCUT2D eigenvalue weighted by atomic mass is 32.2. The summed E-state index contributed by atoms with van der Waals surface area (Å²) in [5.74, 6) is 0.297. The molecule has 0 bridgehead atoms. The van der Waals surface area contributed by atoms with E-state index in [0.717, 1.165) is 30.5 Å². The maximum atomic E-state index is 11.8. The van der Waals surface area contributed by atoms with Crippen molar-refractivity contribution < 1.29 is 17.8 Å². The number of nitro groups is 1. The fourth-order valence-electron chi connectivity index (χ4n) is 1.29. The molecule has 7 nitrogen and oxygen atoms in total. The van der Waals surface area contributed by atoms with Gasteiger partial charge >= 0.3 is 0 Å². The van der Waals surface area contributed by atoms with Gasteiger partial charge in [0.05, 0.1) is 22.3 Å². The van der Waals surface area contributed by atoms with Crippen LogP contribution in [-0.2, 0) is 10.0 Å². The van der Waals surface area contributed by atoms with Crippen LogP contribution in [-0.4, -0.2) is 19.6 Å². The second kappa shape index (κ2) is 5.02. The lowest BCUT2D eigenvalue weighted by atomic mass is 10.3. The molecule has 0 N–H and O–H groups in total. The van der Waals surface area contributed by atoms with Crippen molar-refractivity contribution in [2.24, 2.45) is 4.40 Å². The van der Waals surface area contributed by atoms with Crippen molar-refractivity contribution in [1.82, 2.24) is 0 Å². The molecule has 0 fully saturated rings. The quantitative estimate of drug-likeness (QED) is 0.484. The lowest BCUT2D eigenvalue weighted by Gasteiger charge is -1.97. The zero-order valence-corrected chi connectivity index (χ0v) is 10.3. The molecule has 1 aromatic carbocycles. The molecule has 0 saturated heterocycles. The Kier molecular flexibility index (Phi) is 3.43. The largest absolute Gasteiger partial charge is 0.463 e. The summed E-state index contributed by atoms with van der Waals surface area (Å²) in [5, 5.41) is 10.5. The van der Waals surface area contributed by atoms with Crippen molar-refractivity contribution in [3.05, 3.63) is 58.5 Å². The van der Waals surface area contributed by atoms with E-state index in [1.807, 2.05) is 0 Å².